The fourth-order valence-electron chi connectivity index (χ4n) is 3.43. The van der Waals surface area contributed by atoms with Crippen molar-refractivity contribution in [3.05, 3.63) is 28.5 Å². The fourth-order valence-corrected chi connectivity index (χ4v) is 3.78. The van der Waals surface area contributed by atoms with Crippen molar-refractivity contribution in [1.82, 2.24) is 24.8 Å². The average molecular weight is 461 g/mol. The number of imidazole rings is 1. The number of nitrogens with one attached hydrogen (secondary N) is 1. The van der Waals surface area contributed by atoms with Gasteiger partial charge in [0.1, 0.15) is 11.3 Å². The molecule has 3 N–H and O–H groups in total. The molecule has 0 bridgehead atoms. The topological polar surface area (TPSA) is 106 Å². The monoisotopic (exact) mass is 460 g/mol. The van der Waals surface area contributed by atoms with Crippen LogP contribution in [0.4, 0.5) is 5.82 Å². The van der Waals surface area contributed by atoms with E-state index in [0.29, 0.717) is 43.8 Å². The van der Waals surface area contributed by atoms with Gasteiger partial charge in [-0.1, -0.05) is 15.9 Å². The van der Waals surface area contributed by atoms with Crippen LogP contribution in [0, 0.1) is 0 Å². The number of hydrogen-bond donors (Lipinski definition) is 2. The molecule has 8 nitrogen and oxygen atoms in total. The third-order valence-corrected chi connectivity index (χ3v) is 5.46. The fraction of sp³-hybridized carbons (Fsp3) is 0.400. The van der Waals surface area contributed by atoms with Gasteiger partial charge in [-0.15, -0.1) is 0 Å². The van der Waals surface area contributed by atoms with Crippen molar-refractivity contribution in [3.63, 3.8) is 0 Å². The number of hydrogen-bond acceptors (Lipinski definition) is 5. The molecule has 2 heterocycles. The zero-order valence-corrected chi connectivity index (χ0v) is 18.4. The number of aromatic nitrogens is 3. The summed E-state index contributed by atoms with van der Waals surface area (Å²) >= 11 is 3.48. The summed E-state index contributed by atoms with van der Waals surface area (Å²) in [4.78, 5) is 34.6. The molecule has 3 aromatic rings. The zero-order valence-electron chi connectivity index (χ0n) is 16.8. The van der Waals surface area contributed by atoms with Crippen molar-refractivity contribution in [2.24, 2.45) is 0 Å². The van der Waals surface area contributed by atoms with Crippen LogP contribution < -0.4 is 11.1 Å². The maximum atomic E-state index is 12.0. The number of nitrogen functional groups attached to an aromatic ring is 1. The number of anilines is 1. The van der Waals surface area contributed by atoms with Crippen LogP contribution in [0.1, 0.15) is 32.5 Å². The quantitative estimate of drug-likeness (QED) is 0.563. The molecule has 29 heavy (non-hydrogen) atoms. The standard InChI is InChI=1S/C20H25BrN6O2/c1-4-26(12(2)28)11-16-25-18-19(27(16)9-5-6-17(29)23-3)14-8-7-13(21)10-15(14)24-20(18)22/h7-8,10H,4-6,9,11H2,1-3H3,(H2,22,24)(H,23,29). The summed E-state index contributed by atoms with van der Waals surface area (Å²) in [7, 11) is 1.63. The van der Waals surface area contributed by atoms with Crippen LogP contribution in [-0.2, 0) is 22.7 Å². The number of nitrogens with two attached hydrogens (primary N) is 1. The first kappa shape index (κ1) is 21.0. The molecule has 0 aliphatic carbocycles. The lowest BCUT2D eigenvalue weighted by molar-refractivity contribution is -0.129. The van der Waals surface area contributed by atoms with E-state index in [1.54, 1.807) is 18.9 Å². The van der Waals surface area contributed by atoms with Gasteiger partial charge in [0.15, 0.2) is 5.82 Å². The Bertz CT molecular complexity index is 1080. The predicted molar refractivity (Wildman–Crippen MR) is 117 cm³/mol. The van der Waals surface area contributed by atoms with Crippen molar-refractivity contribution in [2.75, 3.05) is 19.3 Å². The Morgan fingerprint density at radius 1 is 1.31 bits per heavy atom. The molecule has 0 radical (unpaired) electrons. The second-order valence-electron chi connectivity index (χ2n) is 6.85. The van der Waals surface area contributed by atoms with Crippen molar-refractivity contribution in [1.29, 1.82) is 0 Å². The van der Waals surface area contributed by atoms with Crippen LogP contribution in [0.2, 0.25) is 0 Å². The normalized spacial score (nSPS) is 11.2. The van der Waals surface area contributed by atoms with Crippen LogP contribution >= 0.6 is 15.9 Å². The van der Waals surface area contributed by atoms with E-state index < -0.39 is 0 Å². The third-order valence-electron chi connectivity index (χ3n) is 4.97. The zero-order chi connectivity index (χ0) is 21.1. The molecule has 0 aliphatic heterocycles. The average Bonchev–Trinajstić information content (AvgIpc) is 3.04. The van der Waals surface area contributed by atoms with E-state index in [1.807, 2.05) is 25.1 Å². The molecule has 2 aromatic heterocycles. The molecule has 2 amide bonds. The molecule has 0 fully saturated rings. The molecule has 0 unspecified atom stereocenters. The number of fused-ring (bicyclic) bond motifs is 3. The van der Waals surface area contributed by atoms with Gasteiger partial charge in [0.25, 0.3) is 0 Å². The van der Waals surface area contributed by atoms with E-state index in [1.165, 1.54) is 0 Å². The van der Waals surface area contributed by atoms with Crippen molar-refractivity contribution in [2.45, 2.75) is 39.8 Å². The van der Waals surface area contributed by atoms with E-state index >= 15 is 0 Å². The molecule has 154 valence electrons. The highest BCUT2D eigenvalue weighted by molar-refractivity contribution is 9.10. The van der Waals surface area contributed by atoms with Gasteiger partial charge < -0.3 is 20.5 Å². The number of carbonyl (C=O) groups excluding carboxylic acids is 2. The summed E-state index contributed by atoms with van der Waals surface area (Å²) in [5, 5.41) is 3.58. The van der Waals surface area contributed by atoms with Crippen LogP contribution in [0.15, 0.2) is 22.7 Å². The smallest absolute Gasteiger partial charge is 0.219 e. The first-order valence-electron chi connectivity index (χ1n) is 9.55. The van der Waals surface area contributed by atoms with Gasteiger partial charge in [0.2, 0.25) is 11.8 Å². The minimum Gasteiger partial charge on any atom is -0.382 e. The summed E-state index contributed by atoms with van der Waals surface area (Å²) in [6.45, 7) is 5.02. The predicted octanol–water partition coefficient (Wildman–Crippen LogP) is 2.82. The Morgan fingerprint density at radius 2 is 2.07 bits per heavy atom. The number of aryl methyl sites for hydroxylation is 1. The summed E-state index contributed by atoms with van der Waals surface area (Å²) in [5.41, 5.74) is 8.50. The molecular formula is C20H25BrN6O2. The van der Waals surface area contributed by atoms with Crippen molar-refractivity contribution >= 4 is 55.5 Å². The molecule has 9 heteroatoms. The lowest BCUT2D eigenvalue weighted by Gasteiger charge is -2.19. The number of carbonyl (C=O) groups is 2. The Balaban J connectivity index is 2.16. The Morgan fingerprint density at radius 3 is 2.72 bits per heavy atom. The summed E-state index contributed by atoms with van der Waals surface area (Å²) in [5.74, 6) is 1.06. The molecule has 0 aliphatic rings. The molecular weight excluding hydrogens is 436 g/mol. The van der Waals surface area contributed by atoms with Gasteiger partial charge in [-0.3, -0.25) is 9.59 Å². The van der Waals surface area contributed by atoms with Crippen molar-refractivity contribution < 1.29 is 9.59 Å². The second-order valence-corrected chi connectivity index (χ2v) is 7.76. The first-order valence-corrected chi connectivity index (χ1v) is 10.3. The maximum Gasteiger partial charge on any atom is 0.219 e. The van der Waals surface area contributed by atoms with Crippen LogP contribution in [0.5, 0.6) is 0 Å². The van der Waals surface area contributed by atoms with Gasteiger partial charge >= 0.3 is 0 Å². The molecule has 3 rings (SSSR count). The highest BCUT2D eigenvalue weighted by Crippen LogP contribution is 2.31. The minimum atomic E-state index is -0.0173. The Labute approximate surface area is 177 Å². The highest BCUT2D eigenvalue weighted by atomic mass is 79.9. The number of amides is 2. The molecule has 0 atom stereocenters. The van der Waals surface area contributed by atoms with E-state index in [0.717, 1.165) is 26.7 Å². The van der Waals surface area contributed by atoms with E-state index in [2.05, 4.69) is 30.8 Å². The molecule has 1 aromatic carbocycles. The minimum absolute atomic E-state index is 0.00939. The number of pyridine rings is 1. The first-order chi connectivity index (χ1) is 13.8. The number of halogens is 1. The summed E-state index contributed by atoms with van der Waals surface area (Å²) in [6.07, 6.45) is 1.05. The number of rotatable bonds is 7. The van der Waals surface area contributed by atoms with Crippen LogP contribution in [0.3, 0.4) is 0 Å². The van der Waals surface area contributed by atoms with Crippen LogP contribution in [0.25, 0.3) is 21.9 Å². The van der Waals surface area contributed by atoms with E-state index in [4.69, 9.17) is 10.7 Å². The number of benzene rings is 1. The lowest BCUT2D eigenvalue weighted by atomic mass is 10.2. The molecule has 0 spiro atoms. The van der Waals surface area contributed by atoms with Gasteiger partial charge in [-0.25, -0.2) is 9.97 Å². The van der Waals surface area contributed by atoms with Crippen molar-refractivity contribution in [3.8, 4) is 0 Å². The third kappa shape index (κ3) is 4.34. The van der Waals surface area contributed by atoms with Gasteiger partial charge in [-0.2, -0.15) is 0 Å². The van der Waals surface area contributed by atoms with Crippen LogP contribution in [-0.4, -0.2) is 44.8 Å². The molecule has 0 saturated carbocycles. The van der Waals surface area contributed by atoms with Gasteiger partial charge in [0, 0.05) is 43.3 Å². The largest absolute Gasteiger partial charge is 0.382 e. The molecule has 0 saturated heterocycles. The Hall–Kier alpha value is -2.68. The van der Waals surface area contributed by atoms with E-state index in [9.17, 15) is 9.59 Å². The number of nitrogens with zero attached hydrogens (tertiary/aromatic N) is 4. The summed E-state index contributed by atoms with van der Waals surface area (Å²) in [6, 6.07) is 5.85. The van der Waals surface area contributed by atoms with E-state index in [-0.39, 0.29) is 11.8 Å². The maximum absolute atomic E-state index is 12.0. The second kappa shape index (κ2) is 8.77. The SMILES string of the molecule is CCN(Cc1nc2c(N)nc3cc(Br)ccc3c2n1CCCC(=O)NC)C(C)=O. The van der Waals surface area contributed by atoms with Gasteiger partial charge in [0.05, 0.1) is 17.6 Å². The lowest BCUT2D eigenvalue weighted by Crippen LogP contribution is -2.29. The Kier molecular flexibility index (Phi) is 6.36. The van der Waals surface area contributed by atoms with Gasteiger partial charge in [-0.05, 0) is 31.5 Å². The highest BCUT2D eigenvalue weighted by Gasteiger charge is 2.20. The summed E-state index contributed by atoms with van der Waals surface area (Å²) < 4.78 is 2.98.